The SMILES string of the molecule is C=CCC1=CC(F)CC=C1C(=O)CCCc1cnc[nH]1. The minimum absolute atomic E-state index is 0.0875. The molecule has 0 aromatic carbocycles. The molecular weight excluding hydrogens is 255 g/mol. The van der Waals surface area contributed by atoms with Gasteiger partial charge < -0.3 is 4.98 Å². The third-order valence-electron chi connectivity index (χ3n) is 3.34. The van der Waals surface area contributed by atoms with Gasteiger partial charge in [0.05, 0.1) is 6.33 Å². The van der Waals surface area contributed by atoms with E-state index in [9.17, 15) is 9.18 Å². The second-order valence-electron chi connectivity index (χ2n) is 4.91. The second-order valence-corrected chi connectivity index (χ2v) is 4.91. The van der Waals surface area contributed by atoms with Gasteiger partial charge in [0.1, 0.15) is 6.17 Å². The molecule has 0 saturated carbocycles. The summed E-state index contributed by atoms with van der Waals surface area (Å²) in [6, 6.07) is 0. The molecule has 2 rings (SSSR count). The van der Waals surface area contributed by atoms with Crippen LogP contribution in [0.15, 0.2) is 48.5 Å². The highest BCUT2D eigenvalue weighted by Crippen LogP contribution is 2.26. The summed E-state index contributed by atoms with van der Waals surface area (Å²) in [6.45, 7) is 3.66. The van der Waals surface area contributed by atoms with Crippen LogP contribution in [-0.4, -0.2) is 21.9 Å². The highest BCUT2D eigenvalue weighted by Gasteiger charge is 2.19. The zero-order valence-corrected chi connectivity index (χ0v) is 11.4. The van der Waals surface area contributed by atoms with E-state index in [4.69, 9.17) is 0 Å². The van der Waals surface area contributed by atoms with Gasteiger partial charge in [-0.1, -0.05) is 12.2 Å². The molecule has 0 fully saturated rings. The lowest BCUT2D eigenvalue weighted by atomic mass is 9.90. The number of aromatic nitrogens is 2. The molecule has 0 aliphatic heterocycles. The summed E-state index contributed by atoms with van der Waals surface area (Å²) in [5, 5.41) is 0. The van der Waals surface area contributed by atoms with Crippen molar-refractivity contribution in [1.82, 2.24) is 9.97 Å². The molecule has 1 heterocycles. The molecule has 1 N–H and O–H groups in total. The number of hydrogen-bond donors (Lipinski definition) is 1. The van der Waals surface area contributed by atoms with Crippen molar-refractivity contribution in [2.24, 2.45) is 0 Å². The number of ketones is 1. The Morgan fingerprint density at radius 2 is 2.45 bits per heavy atom. The van der Waals surface area contributed by atoms with Gasteiger partial charge in [0.25, 0.3) is 0 Å². The maximum atomic E-state index is 13.4. The number of Topliss-reactive ketones (excluding diaryl/α,β-unsaturated/α-hetero) is 1. The lowest BCUT2D eigenvalue weighted by Gasteiger charge is -2.16. The Bertz CT molecular complexity index is 529. The highest BCUT2D eigenvalue weighted by atomic mass is 19.1. The second kappa shape index (κ2) is 6.98. The molecule has 0 bridgehead atoms. The van der Waals surface area contributed by atoms with Crippen molar-refractivity contribution < 1.29 is 9.18 Å². The van der Waals surface area contributed by atoms with E-state index in [1.807, 2.05) is 0 Å². The van der Waals surface area contributed by atoms with Gasteiger partial charge >= 0.3 is 0 Å². The van der Waals surface area contributed by atoms with Crippen molar-refractivity contribution in [2.75, 3.05) is 0 Å². The topological polar surface area (TPSA) is 45.8 Å². The number of nitrogens with zero attached hydrogens (tertiary/aromatic N) is 1. The van der Waals surface area contributed by atoms with E-state index in [1.165, 1.54) is 0 Å². The first kappa shape index (κ1) is 14.4. The van der Waals surface area contributed by atoms with E-state index in [0.29, 0.717) is 24.8 Å². The fraction of sp³-hybridized carbons (Fsp3) is 0.375. The van der Waals surface area contributed by atoms with Gasteiger partial charge in [0, 0.05) is 30.3 Å². The lowest BCUT2D eigenvalue weighted by Crippen LogP contribution is -2.12. The van der Waals surface area contributed by atoms with Crippen molar-refractivity contribution in [3.05, 3.63) is 54.2 Å². The molecule has 1 atom stereocenters. The number of rotatable bonds is 7. The van der Waals surface area contributed by atoms with E-state index in [1.54, 1.807) is 30.8 Å². The Hall–Kier alpha value is -1.97. The van der Waals surface area contributed by atoms with Crippen LogP contribution in [0.3, 0.4) is 0 Å². The summed E-state index contributed by atoms with van der Waals surface area (Å²) in [4.78, 5) is 19.2. The molecule has 4 heteroatoms. The van der Waals surface area contributed by atoms with Crippen LogP contribution in [0.25, 0.3) is 0 Å². The standard InChI is InChI=1S/C16H19FN2O/c1-2-4-12-9-13(17)7-8-15(12)16(20)6-3-5-14-10-18-11-19-14/h2,8-11,13H,1,3-7H2,(H,18,19). The average Bonchev–Trinajstić information content (AvgIpc) is 2.92. The first-order valence-corrected chi connectivity index (χ1v) is 6.87. The fourth-order valence-corrected chi connectivity index (χ4v) is 2.36. The number of allylic oxidation sites excluding steroid dienone is 5. The fourth-order valence-electron chi connectivity index (χ4n) is 2.36. The van der Waals surface area contributed by atoms with Crippen molar-refractivity contribution in [3.8, 4) is 0 Å². The summed E-state index contributed by atoms with van der Waals surface area (Å²) < 4.78 is 13.4. The van der Waals surface area contributed by atoms with Crippen LogP contribution in [0.4, 0.5) is 4.39 Å². The Balaban J connectivity index is 1.90. The minimum atomic E-state index is -0.980. The van der Waals surface area contributed by atoms with Gasteiger partial charge in [-0.3, -0.25) is 4.79 Å². The summed E-state index contributed by atoms with van der Waals surface area (Å²) in [5.41, 5.74) is 2.47. The highest BCUT2D eigenvalue weighted by molar-refractivity contribution is 5.99. The zero-order chi connectivity index (χ0) is 14.4. The number of aromatic amines is 1. The maximum Gasteiger partial charge on any atom is 0.162 e. The number of H-pyrrole nitrogens is 1. The van der Waals surface area contributed by atoms with Crippen molar-refractivity contribution in [3.63, 3.8) is 0 Å². The van der Waals surface area contributed by atoms with Crippen LogP contribution in [-0.2, 0) is 11.2 Å². The molecule has 1 aliphatic rings. The molecule has 0 radical (unpaired) electrons. The van der Waals surface area contributed by atoms with Crippen LogP contribution < -0.4 is 0 Å². The maximum absolute atomic E-state index is 13.4. The molecule has 20 heavy (non-hydrogen) atoms. The van der Waals surface area contributed by atoms with Crippen molar-refractivity contribution >= 4 is 5.78 Å². The molecule has 0 spiro atoms. The van der Waals surface area contributed by atoms with E-state index < -0.39 is 6.17 Å². The monoisotopic (exact) mass is 274 g/mol. The normalized spacial score (nSPS) is 18.4. The molecule has 1 aliphatic carbocycles. The van der Waals surface area contributed by atoms with Gasteiger partial charge in [0.15, 0.2) is 5.78 Å². The molecular formula is C16H19FN2O. The number of hydrogen-bond acceptors (Lipinski definition) is 2. The molecule has 106 valence electrons. The van der Waals surface area contributed by atoms with E-state index >= 15 is 0 Å². The Kier molecular flexibility index (Phi) is 5.04. The largest absolute Gasteiger partial charge is 0.348 e. The third-order valence-corrected chi connectivity index (χ3v) is 3.34. The molecule has 1 aromatic heterocycles. The lowest BCUT2D eigenvalue weighted by molar-refractivity contribution is -0.115. The first-order chi connectivity index (χ1) is 9.70. The van der Waals surface area contributed by atoms with Gasteiger partial charge in [-0.25, -0.2) is 9.37 Å². The Morgan fingerprint density at radius 1 is 1.60 bits per heavy atom. The quantitative estimate of drug-likeness (QED) is 0.774. The molecule has 1 aromatic rings. The van der Waals surface area contributed by atoms with Gasteiger partial charge in [-0.15, -0.1) is 6.58 Å². The number of nitrogens with one attached hydrogen (secondary N) is 1. The molecule has 1 unspecified atom stereocenters. The predicted molar refractivity (Wildman–Crippen MR) is 77.0 cm³/mol. The summed E-state index contributed by atoms with van der Waals surface area (Å²) in [5.74, 6) is 0.0875. The number of imidazole rings is 1. The van der Waals surface area contributed by atoms with Gasteiger partial charge in [-0.2, -0.15) is 0 Å². The van der Waals surface area contributed by atoms with E-state index in [0.717, 1.165) is 24.1 Å². The number of alkyl halides is 1. The van der Waals surface area contributed by atoms with Gasteiger partial charge in [-0.05, 0) is 30.9 Å². The number of halogens is 1. The smallest absolute Gasteiger partial charge is 0.162 e. The Labute approximate surface area is 118 Å². The van der Waals surface area contributed by atoms with Crippen LogP contribution in [0.1, 0.15) is 31.4 Å². The van der Waals surface area contributed by atoms with Crippen LogP contribution >= 0.6 is 0 Å². The zero-order valence-electron chi connectivity index (χ0n) is 11.4. The Morgan fingerprint density at radius 3 is 3.15 bits per heavy atom. The number of carbonyl (C=O) groups excluding carboxylic acids is 1. The summed E-state index contributed by atoms with van der Waals surface area (Å²) in [7, 11) is 0. The summed E-state index contributed by atoms with van der Waals surface area (Å²) >= 11 is 0. The minimum Gasteiger partial charge on any atom is -0.348 e. The van der Waals surface area contributed by atoms with E-state index in [2.05, 4.69) is 16.5 Å². The number of carbonyl (C=O) groups is 1. The van der Waals surface area contributed by atoms with Crippen LogP contribution in [0.2, 0.25) is 0 Å². The predicted octanol–water partition coefficient (Wildman–Crippen LogP) is 3.47. The molecule has 0 saturated heterocycles. The summed E-state index contributed by atoms with van der Waals surface area (Å²) in [6.07, 6.45) is 10.3. The number of aryl methyl sites for hydroxylation is 1. The van der Waals surface area contributed by atoms with Crippen LogP contribution in [0, 0.1) is 0 Å². The third kappa shape index (κ3) is 3.76. The van der Waals surface area contributed by atoms with Crippen LogP contribution in [0.5, 0.6) is 0 Å². The molecule has 0 amide bonds. The van der Waals surface area contributed by atoms with Crippen molar-refractivity contribution in [1.29, 1.82) is 0 Å². The van der Waals surface area contributed by atoms with Gasteiger partial charge in [0.2, 0.25) is 0 Å². The first-order valence-electron chi connectivity index (χ1n) is 6.87. The average molecular weight is 274 g/mol. The van der Waals surface area contributed by atoms with Crippen molar-refractivity contribution in [2.45, 2.75) is 38.3 Å². The van der Waals surface area contributed by atoms with E-state index in [-0.39, 0.29) is 5.78 Å². The molecule has 3 nitrogen and oxygen atoms in total.